The molecule has 3 heteroatoms. The van der Waals surface area contributed by atoms with E-state index in [9.17, 15) is 4.79 Å². The SMILES string of the molecule is CC(C)(C)CCNC(=O)Cc1c[nH]c2ccccc12. The topological polar surface area (TPSA) is 44.9 Å². The highest BCUT2D eigenvalue weighted by atomic mass is 16.1. The van der Waals surface area contributed by atoms with Crippen molar-refractivity contribution in [3.63, 3.8) is 0 Å². The Bertz CT molecular complexity index is 563. The number of para-hydroxylation sites is 1. The first-order valence-corrected chi connectivity index (χ1v) is 6.77. The largest absolute Gasteiger partial charge is 0.361 e. The number of aromatic amines is 1. The second-order valence-electron chi connectivity index (χ2n) is 6.20. The Morgan fingerprint density at radius 3 is 2.74 bits per heavy atom. The van der Waals surface area contributed by atoms with Crippen molar-refractivity contribution in [2.75, 3.05) is 6.54 Å². The Morgan fingerprint density at radius 2 is 2.00 bits per heavy atom. The number of benzene rings is 1. The minimum absolute atomic E-state index is 0.0917. The van der Waals surface area contributed by atoms with Gasteiger partial charge in [-0.25, -0.2) is 0 Å². The molecule has 2 rings (SSSR count). The van der Waals surface area contributed by atoms with Gasteiger partial charge in [-0.15, -0.1) is 0 Å². The summed E-state index contributed by atoms with van der Waals surface area (Å²) in [6, 6.07) is 8.06. The van der Waals surface area contributed by atoms with Crippen molar-refractivity contribution in [3.8, 4) is 0 Å². The minimum Gasteiger partial charge on any atom is -0.361 e. The predicted molar refractivity (Wildman–Crippen MR) is 79.1 cm³/mol. The van der Waals surface area contributed by atoms with Crippen molar-refractivity contribution < 1.29 is 4.79 Å². The van der Waals surface area contributed by atoms with Crippen LogP contribution in [0.1, 0.15) is 32.8 Å². The van der Waals surface area contributed by atoms with Crippen LogP contribution in [0.5, 0.6) is 0 Å². The van der Waals surface area contributed by atoms with Crippen molar-refractivity contribution in [2.45, 2.75) is 33.6 Å². The molecule has 2 N–H and O–H groups in total. The molecule has 0 atom stereocenters. The molecule has 3 nitrogen and oxygen atoms in total. The van der Waals surface area contributed by atoms with Crippen LogP contribution >= 0.6 is 0 Å². The summed E-state index contributed by atoms with van der Waals surface area (Å²) in [5, 5.41) is 4.12. The van der Waals surface area contributed by atoms with E-state index in [0.717, 1.165) is 29.4 Å². The molecule has 0 spiro atoms. The van der Waals surface area contributed by atoms with Crippen molar-refractivity contribution in [1.82, 2.24) is 10.3 Å². The lowest BCUT2D eigenvalue weighted by Crippen LogP contribution is -2.28. The number of H-pyrrole nitrogens is 1. The van der Waals surface area contributed by atoms with Gasteiger partial charge >= 0.3 is 0 Å². The van der Waals surface area contributed by atoms with E-state index in [1.165, 1.54) is 0 Å². The third kappa shape index (κ3) is 3.85. The van der Waals surface area contributed by atoms with Crippen molar-refractivity contribution in [1.29, 1.82) is 0 Å². The number of rotatable bonds is 4. The number of carbonyl (C=O) groups excluding carboxylic acids is 1. The molecule has 2 aromatic rings. The summed E-state index contributed by atoms with van der Waals surface area (Å²) in [6.45, 7) is 7.28. The molecule has 1 amide bonds. The highest BCUT2D eigenvalue weighted by Gasteiger charge is 2.11. The fourth-order valence-electron chi connectivity index (χ4n) is 2.09. The molecule has 102 valence electrons. The fraction of sp³-hybridized carbons (Fsp3) is 0.438. The zero-order valence-electron chi connectivity index (χ0n) is 11.9. The van der Waals surface area contributed by atoms with Gasteiger partial charge in [-0.3, -0.25) is 4.79 Å². The highest BCUT2D eigenvalue weighted by Crippen LogP contribution is 2.19. The molecular weight excluding hydrogens is 236 g/mol. The molecule has 0 bridgehead atoms. The lowest BCUT2D eigenvalue weighted by molar-refractivity contribution is -0.120. The van der Waals surface area contributed by atoms with Crippen LogP contribution in [-0.4, -0.2) is 17.4 Å². The van der Waals surface area contributed by atoms with Gasteiger partial charge in [0.1, 0.15) is 0 Å². The Labute approximate surface area is 114 Å². The van der Waals surface area contributed by atoms with Crippen molar-refractivity contribution >= 4 is 16.8 Å². The molecule has 0 aliphatic rings. The zero-order chi connectivity index (χ0) is 13.9. The number of hydrogen-bond acceptors (Lipinski definition) is 1. The first kappa shape index (κ1) is 13.7. The summed E-state index contributed by atoms with van der Waals surface area (Å²) in [4.78, 5) is 15.1. The average Bonchev–Trinajstić information content (AvgIpc) is 2.71. The Kier molecular flexibility index (Phi) is 3.93. The van der Waals surface area contributed by atoms with Crippen LogP contribution in [0.2, 0.25) is 0 Å². The summed E-state index contributed by atoms with van der Waals surface area (Å²) in [7, 11) is 0. The molecule has 1 heterocycles. The fourth-order valence-corrected chi connectivity index (χ4v) is 2.09. The van der Waals surface area contributed by atoms with E-state index in [1.54, 1.807) is 0 Å². The smallest absolute Gasteiger partial charge is 0.224 e. The molecule has 0 saturated carbocycles. The number of hydrogen-bond donors (Lipinski definition) is 2. The van der Waals surface area contributed by atoms with Crippen LogP contribution in [0, 0.1) is 5.41 Å². The minimum atomic E-state index is 0.0917. The van der Waals surface area contributed by atoms with E-state index in [-0.39, 0.29) is 11.3 Å². The molecule has 0 unspecified atom stereocenters. The van der Waals surface area contributed by atoms with Gasteiger partial charge in [-0.2, -0.15) is 0 Å². The summed E-state index contributed by atoms with van der Waals surface area (Å²) in [6.07, 6.45) is 3.36. The van der Waals surface area contributed by atoms with Gasteiger partial charge in [-0.05, 0) is 23.5 Å². The maximum atomic E-state index is 11.9. The van der Waals surface area contributed by atoms with Crippen LogP contribution in [-0.2, 0) is 11.2 Å². The monoisotopic (exact) mass is 258 g/mol. The number of nitrogens with one attached hydrogen (secondary N) is 2. The van der Waals surface area contributed by atoms with E-state index >= 15 is 0 Å². The second-order valence-corrected chi connectivity index (χ2v) is 6.20. The van der Waals surface area contributed by atoms with Crippen LogP contribution in [0.4, 0.5) is 0 Å². The predicted octanol–water partition coefficient (Wildman–Crippen LogP) is 3.26. The van der Waals surface area contributed by atoms with Crippen LogP contribution in [0.15, 0.2) is 30.5 Å². The summed E-state index contributed by atoms with van der Waals surface area (Å²) in [5.41, 5.74) is 2.40. The summed E-state index contributed by atoms with van der Waals surface area (Å²) >= 11 is 0. The summed E-state index contributed by atoms with van der Waals surface area (Å²) in [5.74, 6) is 0.0917. The molecule has 0 aliphatic carbocycles. The van der Waals surface area contributed by atoms with Crippen molar-refractivity contribution in [3.05, 3.63) is 36.0 Å². The Morgan fingerprint density at radius 1 is 1.26 bits per heavy atom. The number of amides is 1. The first-order valence-electron chi connectivity index (χ1n) is 6.77. The molecule has 0 aliphatic heterocycles. The maximum absolute atomic E-state index is 11.9. The van der Waals surface area contributed by atoms with Crippen LogP contribution in [0.25, 0.3) is 10.9 Å². The lowest BCUT2D eigenvalue weighted by atomic mass is 9.92. The molecule has 1 aromatic heterocycles. The quantitative estimate of drug-likeness (QED) is 0.868. The van der Waals surface area contributed by atoms with Crippen LogP contribution in [0.3, 0.4) is 0 Å². The van der Waals surface area contributed by atoms with Crippen molar-refractivity contribution in [2.24, 2.45) is 5.41 Å². The number of aromatic nitrogens is 1. The standard InChI is InChI=1S/C16H22N2O/c1-16(2,3)8-9-17-15(19)10-12-11-18-14-7-5-4-6-13(12)14/h4-7,11,18H,8-10H2,1-3H3,(H,17,19). The van der Waals surface area contributed by atoms with Gasteiger partial charge in [0.25, 0.3) is 0 Å². The number of fused-ring (bicyclic) bond motifs is 1. The van der Waals surface area contributed by atoms with Gasteiger partial charge in [0.05, 0.1) is 6.42 Å². The van der Waals surface area contributed by atoms with E-state index < -0.39 is 0 Å². The molecule has 0 radical (unpaired) electrons. The lowest BCUT2D eigenvalue weighted by Gasteiger charge is -2.17. The van der Waals surface area contributed by atoms with Gasteiger partial charge in [-0.1, -0.05) is 39.0 Å². The van der Waals surface area contributed by atoms with Gasteiger partial charge in [0.15, 0.2) is 0 Å². The van der Waals surface area contributed by atoms with Gasteiger partial charge in [0, 0.05) is 23.6 Å². The van der Waals surface area contributed by atoms with Crippen LogP contribution < -0.4 is 5.32 Å². The van der Waals surface area contributed by atoms with E-state index in [0.29, 0.717) is 6.42 Å². The maximum Gasteiger partial charge on any atom is 0.224 e. The zero-order valence-corrected chi connectivity index (χ0v) is 11.9. The molecule has 0 fully saturated rings. The normalized spacial score (nSPS) is 11.7. The first-order chi connectivity index (χ1) is 8.96. The molecule has 19 heavy (non-hydrogen) atoms. The van der Waals surface area contributed by atoms with E-state index in [1.807, 2.05) is 30.5 Å². The molecule has 0 saturated heterocycles. The van der Waals surface area contributed by atoms with Gasteiger partial charge in [0.2, 0.25) is 5.91 Å². The summed E-state index contributed by atoms with van der Waals surface area (Å²) < 4.78 is 0. The Hall–Kier alpha value is -1.77. The van der Waals surface area contributed by atoms with E-state index in [4.69, 9.17) is 0 Å². The number of carbonyl (C=O) groups is 1. The third-order valence-corrected chi connectivity index (χ3v) is 3.22. The van der Waals surface area contributed by atoms with Gasteiger partial charge < -0.3 is 10.3 Å². The second kappa shape index (κ2) is 5.47. The van der Waals surface area contributed by atoms with E-state index in [2.05, 4.69) is 31.1 Å². The molecule has 1 aromatic carbocycles. The molecular formula is C16H22N2O. The average molecular weight is 258 g/mol. The Balaban J connectivity index is 1.92. The third-order valence-electron chi connectivity index (χ3n) is 3.22. The highest BCUT2D eigenvalue weighted by molar-refractivity contribution is 5.88.